The highest BCUT2D eigenvalue weighted by Gasteiger charge is 2.42. The van der Waals surface area contributed by atoms with Crippen LogP contribution in [-0.2, 0) is 11.2 Å². The number of carbonyl (C=O) groups is 1. The fourth-order valence-electron chi connectivity index (χ4n) is 2.38. The second-order valence-corrected chi connectivity index (χ2v) is 5.38. The number of carbonyl (C=O) groups excluding carboxylic acids is 1. The molecule has 0 heterocycles. The SMILES string of the molecule is CC1(O)CC(C(=O)NCCc2ccc(F)cc2F)C1. The van der Waals surface area contributed by atoms with Crippen LogP contribution in [0.2, 0.25) is 0 Å². The van der Waals surface area contributed by atoms with Gasteiger partial charge in [0.2, 0.25) is 5.91 Å². The predicted octanol–water partition coefficient (Wildman–Crippen LogP) is 1.78. The average Bonchev–Trinajstić information content (AvgIpc) is 2.28. The highest BCUT2D eigenvalue weighted by atomic mass is 19.1. The molecule has 1 aliphatic rings. The lowest BCUT2D eigenvalue weighted by Crippen LogP contribution is -2.48. The quantitative estimate of drug-likeness (QED) is 0.875. The molecule has 5 heteroatoms. The Bertz CT molecular complexity index is 480. The number of amides is 1. The number of hydrogen-bond acceptors (Lipinski definition) is 2. The molecule has 104 valence electrons. The first-order chi connectivity index (χ1) is 8.87. The van der Waals surface area contributed by atoms with Crippen molar-refractivity contribution in [3.8, 4) is 0 Å². The normalized spacial score (nSPS) is 25.8. The molecule has 0 unspecified atom stereocenters. The Hall–Kier alpha value is -1.49. The molecule has 2 rings (SSSR count). The van der Waals surface area contributed by atoms with Crippen LogP contribution in [0.25, 0.3) is 0 Å². The Kier molecular flexibility index (Phi) is 3.85. The summed E-state index contributed by atoms with van der Waals surface area (Å²) in [6, 6.07) is 3.41. The van der Waals surface area contributed by atoms with E-state index in [2.05, 4.69) is 5.32 Å². The molecule has 1 fully saturated rings. The van der Waals surface area contributed by atoms with Gasteiger partial charge in [0.05, 0.1) is 5.60 Å². The van der Waals surface area contributed by atoms with Crippen LogP contribution in [0.1, 0.15) is 25.3 Å². The lowest BCUT2D eigenvalue weighted by Gasteiger charge is -2.39. The number of aliphatic hydroxyl groups is 1. The van der Waals surface area contributed by atoms with Crippen LogP contribution in [-0.4, -0.2) is 23.2 Å². The maximum atomic E-state index is 13.3. The maximum absolute atomic E-state index is 13.3. The van der Waals surface area contributed by atoms with E-state index >= 15 is 0 Å². The molecule has 2 N–H and O–H groups in total. The molecule has 1 saturated carbocycles. The second-order valence-electron chi connectivity index (χ2n) is 5.38. The van der Waals surface area contributed by atoms with Crippen molar-refractivity contribution in [1.29, 1.82) is 0 Å². The topological polar surface area (TPSA) is 49.3 Å². The zero-order valence-electron chi connectivity index (χ0n) is 10.7. The Labute approximate surface area is 110 Å². The number of rotatable bonds is 4. The molecule has 3 nitrogen and oxygen atoms in total. The van der Waals surface area contributed by atoms with Gasteiger partial charge in [-0.05, 0) is 37.8 Å². The summed E-state index contributed by atoms with van der Waals surface area (Å²) in [6.07, 6.45) is 1.24. The van der Waals surface area contributed by atoms with E-state index in [-0.39, 0.29) is 11.8 Å². The molecule has 0 aromatic heterocycles. The molecule has 0 atom stereocenters. The van der Waals surface area contributed by atoms with Gasteiger partial charge in [0, 0.05) is 18.5 Å². The van der Waals surface area contributed by atoms with Gasteiger partial charge in [-0.1, -0.05) is 6.07 Å². The number of nitrogens with one attached hydrogen (secondary N) is 1. The molecule has 1 amide bonds. The number of hydrogen-bond donors (Lipinski definition) is 2. The molecular weight excluding hydrogens is 252 g/mol. The van der Waals surface area contributed by atoms with Crippen LogP contribution in [0.3, 0.4) is 0 Å². The van der Waals surface area contributed by atoms with Crippen LogP contribution in [0.4, 0.5) is 8.78 Å². The highest BCUT2D eigenvalue weighted by Crippen LogP contribution is 2.37. The fourth-order valence-corrected chi connectivity index (χ4v) is 2.38. The summed E-state index contributed by atoms with van der Waals surface area (Å²) in [5.41, 5.74) is -0.354. The van der Waals surface area contributed by atoms with Crippen LogP contribution in [0.5, 0.6) is 0 Å². The largest absolute Gasteiger partial charge is 0.390 e. The molecule has 19 heavy (non-hydrogen) atoms. The van der Waals surface area contributed by atoms with Crippen molar-refractivity contribution in [2.45, 2.75) is 31.8 Å². The Morgan fingerprint density at radius 1 is 1.47 bits per heavy atom. The maximum Gasteiger partial charge on any atom is 0.223 e. The van der Waals surface area contributed by atoms with Gasteiger partial charge in [-0.2, -0.15) is 0 Å². The van der Waals surface area contributed by atoms with Crippen LogP contribution < -0.4 is 5.32 Å². The molecule has 0 bridgehead atoms. The Morgan fingerprint density at radius 2 is 2.16 bits per heavy atom. The average molecular weight is 269 g/mol. The lowest BCUT2D eigenvalue weighted by molar-refractivity contribution is -0.138. The molecule has 0 saturated heterocycles. The van der Waals surface area contributed by atoms with Gasteiger partial charge in [-0.15, -0.1) is 0 Å². The van der Waals surface area contributed by atoms with Crippen molar-refractivity contribution in [3.05, 3.63) is 35.4 Å². The van der Waals surface area contributed by atoms with Crippen molar-refractivity contribution in [2.24, 2.45) is 5.92 Å². The van der Waals surface area contributed by atoms with Gasteiger partial charge in [0.15, 0.2) is 0 Å². The van der Waals surface area contributed by atoms with E-state index in [4.69, 9.17) is 0 Å². The second kappa shape index (κ2) is 5.25. The summed E-state index contributed by atoms with van der Waals surface area (Å²) in [6.45, 7) is 2.00. The van der Waals surface area contributed by atoms with E-state index < -0.39 is 17.2 Å². The van der Waals surface area contributed by atoms with Gasteiger partial charge in [-0.25, -0.2) is 8.78 Å². The Morgan fingerprint density at radius 3 is 2.74 bits per heavy atom. The summed E-state index contributed by atoms with van der Waals surface area (Å²) in [5, 5.41) is 12.2. The summed E-state index contributed by atoms with van der Waals surface area (Å²) < 4.78 is 26.0. The van der Waals surface area contributed by atoms with E-state index in [1.807, 2.05) is 0 Å². The summed E-state index contributed by atoms with van der Waals surface area (Å²) >= 11 is 0. The molecule has 0 spiro atoms. The van der Waals surface area contributed by atoms with Crippen LogP contribution in [0, 0.1) is 17.6 Å². The molecule has 0 radical (unpaired) electrons. The third-order valence-electron chi connectivity index (χ3n) is 3.45. The van der Waals surface area contributed by atoms with Crippen molar-refractivity contribution in [2.75, 3.05) is 6.54 Å². The van der Waals surface area contributed by atoms with Crippen molar-refractivity contribution in [3.63, 3.8) is 0 Å². The van der Waals surface area contributed by atoms with E-state index in [0.717, 1.165) is 6.07 Å². The third-order valence-corrected chi connectivity index (χ3v) is 3.45. The molecule has 1 aromatic carbocycles. The van der Waals surface area contributed by atoms with E-state index in [0.29, 0.717) is 31.4 Å². The minimum Gasteiger partial charge on any atom is -0.390 e. The first kappa shape index (κ1) is 13.9. The standard InChI is InChI=1S/C14H17F2NO2/c1-14(19)7-10(8-14)13(18)17-5-4-9-2-3-11(15)6-12(9)16/h2-3,6,10,19H,4-5,7-8H2,1H3,(H,17,18). The minimum absolute atomic E-state index is 0.117. The molecule has 1 aliphatic carbocycles. The highest BCUT2D eigenvalue weighted by molar-refractivity contribution is 5.79. The number of benzene rings is 1. The van der Waals surface area contributed by atoms with E-state index in [1.165, 1.54) is 12.1 Å². The van der Waals surface area contributed by atoms with Gasteiger partial charge >= 0.3 is 0 Å². The molecule has 0 aliphatic heterocycles. The summed E-state index contributed by atoms with van der Waals surface area (Å²) in [4.78, 5) is 11.7. The van der Waals surface area contributed by atoms with Gasteiger partial charge in [0.1, 0.15) is 11.6 Å². The smallest absolute Gasteiger partial charge is 0.223 e. The van der Waals surface area contributed by atoms with E-state index in [9.17, 15) is 18.7 Å². The zero-order valence-corrected chi connectivity index (χ0v) is 10.7. The van der Waals surface area contributed by atoms with Gasteiger partial charge < -0.3 is 10.4 Å². The van der Waals surface area contributed by atoms with Crippen molar-refractivity contribution in [1.82, 2.24) is 5.32 Å². The van der Waals surface area contributed by atoms with Crippen LogP contribution in [0.15, 0.2) is 18.2 Å². The lowest BCUT2D eigenvalue weighted by atomic mass is 9.72. The minimum atomic E-state index is -0.731. The zero-order chi connectivity index (χ0) is 14.0. The molecular formula is C14H17F2NO2. The number of halogens is 2. The summed E-state index contributed by atoms with van der Waals surface area (Å²) in [5.74, 6) is -1.48. The summed E-state index contributed by atoms with van der Waals surface area (Å²) in [7, 11) is 0. The van der Waals surface area contributed by atoms with E-state index in [1.54, 1.807) is 6.92 Å². The third kappa shape index (κ3) is 3.50. The van der Waals surface area contributed by atoms with Crippen molar-refractivity contribution >= 4 is 5.91 Å². The fraction of sp³-hybridized carbons (Fsp3) is 0.500. The Balaban J connectivity index is 1.76. The van der Waals surface area contributed by atoms with Crippen molar-refractivity contribution < 1.29 is 18.7 Å². The van der Waals surface area contributed by atoms with Gasteiger partial charge in [0.25, 0.3) is 0 Å². The molecule has 1 aromatic rings. The monoisotopic (exact) mass is 269 g/mol. The van der Waals surface area contributed by atoms with Crippen LogP contribution >= 0.6 is 0 Å². The van der Waals surface area contributed by atoms with Gasteiger partial charge in [-0.3, -0.25) is 4.79 Å². The first-order valence-electron chi connectivity index (χ1n) is 6.31. The first-order valence-corrected chi connectivity index (χ1v) is 6.31. The predicted molar refractivity (Wildman–Crippen MR) is 66.4 cm³/mol.